The second kappa shape index (κ2) is 6.20. The summed E-state index contributed by atoms with van der Waals surface area (Å²) in [6.07, 6.45) is -1.16. The zero-order valence-corrected chi connectivity index (χ0v) is 11.6. The van der Waals surface area contributed by atoms with Crippen molar-refractivity contribution >= 4 is 15.7 Å². The quantitative estimate of drug-likeness (QED) is 0.510. The molecule has 0 saturated heterocycles. The van der Waals surface area contributed by atoms with Crippen molar-refractivity contribution < 1.29 is 23.4 Å². The average molecular weight is 290 g/mol. The van der Waals surface area contributed by atoms with Gasteiger partial charge in [0.2, 0.25) is 10.0 Å². The molecule has 0 aliphatic rings. The van der Waals surface area contributed by atoms with E-state index in [1.54, 1.807) is 6.92 Å². The summed E-state index contributed by atoms with van der Waals surface area (Å²) in [6, 6.07) is 2.81. The number of hydrogen-bond acceptors (Lipinski definition) is 6. The van der Waals surface area contributed by atoms with Gasteiger partial charge in [-0.3, -0.25) is 0 Å². The first-order valence-corrected chi connectivity index (χ1v) is 7.02. The van der Waals surface area contributed by atoms with E-state index in [9.17, 15) is 8.42 Å². The predicted molar refractivity (Wildman–Crippen MR) is 70.4 cm³/mol. The normalized spacial score (nSPS) is 13.3. The van der Waals surface area contributed by atoms with Crippen LogP contribution in [0.1, 0.15) is 5.56 Å². The average Bonchev–Trinajstić information content (AvgIpc) is 2.38. The van der Waals surface area contributed by atoms with Crippen LogP contribution in [0.5, 0.6) is 5.75 Å². The number of sulfonamides is 1. The van der Waals surface area contributed by atoms with Crippen LogP contribution in [0.25, 0.3) is 0 Å². The number of ether oxygens (including phenoxy) is 1. The molecule has 0 aliphatic carbocycles. The summed E-state index contributed by atoms with van der Waals surface area (Å²) in [7, 11) is -2.52. The van der Waals surface area contributed by atoms with Gasteiger partial charge in [-0.1, -0.05) is 0 Å². The summed E-state index contributed by atoms with van der Waals surface area (Å²) in [5.41, 5.74) is 6.71. The summed E-state index contributed by atoms with van der Waals surface area (Å²) in [5.74, 6) is 0.165. The topological polar surface area (TPSA) is 122 Å². The smallest absolute Gasteiger partial charge is 0.244 e. The Balaban J connectivity index is 3.10. The number of aryl methyl sites for hydroxylation is 1. The SMILES string of the molecule is COc1cc(C)c(N)cc1S(=O)(=O)NCC(O)CO. The molecule has 0 radical (unpaired) electrons. The molecule has 1 aromatic rings. The van der Waals surface area contributed by atoms with E-state index in [4.69, 9.17) is 20.7 Å². The van der Waals surface area contributed by atoms with Gasteiger partial charge >= 0.3 is 0 Å². The highest BCUT2D eigenvalue weighted by Crippen LogP contribution is 2.28. The second-order valence-electron chi connectivity index (χ2n) is 4.05. The number of rotatable bonds is 6. The van der Waals surface area contributed by atoms with Crippen molar-refractivity contribution in [2.24, 2.45) is 0 Å². The summed E-state index contributed by atoms with van der Waals surface area (Å²) < 4.78 is 31.3. The Bertz CT molecular complexity index is 544. The molecule has 1 atom stereocenters. The van der Waals surface area contributed by atoms with E-state index in [-0.39, 0.29) is 17.2 Å². The minimum atomic E-state index is -3.87. The standard InChI is InChI=1S/C11H18N2O5S/c1-7-3-10(18-2)11(4-9(7)12)19(16,17)13-5-8(15)6-14/h3-4,8,13-15H,5-6,12H2,1-2H3. The Hall–Kier alpha value is -1.35. The van der Waals surface area contributed by atoms with Crippen LogP contribution in [0.2, 0.25) is 0 Å². The van der Waals surface area contributed by atoms with E-state index in [0.29, 0.717) is 11.3 Å². The molecule has 1 unspecified atom stereocenters. The van der Waals surface area contributed by atoms with Gasteiger partial charge in [0.05, 0.1) is 19.8 Å². The molecule has 19 heavy (non-hydrogen) atoms. The Labute approximate surface area is 112 Å². The molecule has 0 aromatic heterocycles. The van der Waals surface area contributed by atoms with Crippen molar-refractivity contribution in [2.75, 3.05) is 26.0 Å². The minimum absolute atomic E-state index is 0.108. The van der Waals surface area contributed by atoms with Gasteiger partial charge in [-0.25, -0.2) is 13.1 Å². The van der Waals surface area contributed by atoms with E-state index in [0.717, 1.165) is 0 Å². The molecule has 1 aromatic carbocycles. The van der Waals surface area contributed by atoms with Gasteiger partial charge in [0.15, 0.2) is 0 Å². The molecule has 0 heterocycles. The monoisotopic (exact) mass is 290 g/mol. The molecule has 0 fully saturated rings. The van der Waals surface area contributed by atoms with E-state index < -0.39 is 22.7 Å². The molecule has 0 amide bonds. The van der Waals surface area contributed by atoms with Crippen LogP contribution in [-0.4, -0.2) is 45.0 Å². The van der Waals surface area contributed by atoms with Crippen LogP contribution < -0.4 is 15.2 Å². The van der Waals surface area contributed by atoms with Crippen LogP contribution in [0.3, 0.4) is 0 Å². The Kier molecular flexibility index (Phi) is 5.12. The number of anilines is 1. The van der Waals surface area contributed by atoms with Crippen LogP contribution in [0.4, 0.5) is 5.69 Å². The fourth-order valence-electron chi connectivity index (χ4n) is 1.40. The highest BCUT2D eigenvalue weighted by Gasteiger charge is 2.21. The third kappa shape index (κ3) is 3.80. The summed E-state index contributed by atoms with van der Waals surface area (Å²) >= 11 is 0. The highest BCUT2D eigenvalue weighted by atomic mass is 32.2. The van der Waals surface area contributed by atoms with Crippen molar-refractivity contribution in [3.63, 3.8) is 0 Å². The first-order valence-electron chi connectivity index (χ1n) is 5.54. The van der Waals surface area contributed by atoms with Crippen LogP contribution in [0.15, 0.2) is 17.0 Å². The maximum Gasteiger partial charge on any atom is 0.244 e. The highest BCUT2D eigenvalue weighted by molar-refractivity contribution is 7.89. The summed E-state index contributed by atoms with van der Waals surface area (Å²) in [4.78, 5) is -0.108. The van der Waals surface area contributed by atoms with Crippen molar-refractivity contribution in [2.45, 2.75) is 17.9 Å². The van der Waals surface area contributed by atoms with Crippen molar-refractivity contribution in [3.8, 4) is 5.75 Å². The number of nitrogens with two attached hydrogens (primary N) is 1. The number of methoxy groups -OCH3 is 1. The van der Waals surface area contributed by atoms with Crippen molar-refractivity contribution in [3.05, 3.63) is 17.7 Å². The molecule has 0 spiro atoms. The second-order valence-corrected chi connectivity index (χ2v) is 5.78. The number of aliphatic hydroxyl groups is 2. The summed E-state index contributed by atoms with van der Waals surface area (Å²) in [6.45, 7) is 0.905. The van der Waals surface area contributed by atoms with Crippen molar-refractivity contribution in [1.29, 1.82) is 0 Å². The first kappa shape index (κ1) is 15.7. The molecule has 108 valence electrons. The summed E-state index contributed by atoms with van der Waals surface area (Å²) in [5, 5.41) is 17.8. The molecule has 0 saturated carbocycles. The van der Waals surface area contributed by atoms with Gasteiger partial charge in [-0.15, -0.1) is 0 Å². The molecule has 1 rings (SSSR count). The maximum absolute atomic E-state index is 12.1. The lowest BCUT2D eigenvalue weighted by atomic mass is 10.2. The minimum Gasteiger partial charge on any atom is -0.495 e. The van der Waals surface area contributed by atoms with Crippen molar-refractivity contribution in [1.82, 2.24) is 4.72 Å². The predicted octanol–water partition coefficient (Wildman–Crippen LogP) is -0.783. The van der Waals surface area contributed by atoms with E-state index in [2.05, 4.69) is 4.72 Å². The fraction of sp³-hybridized carbons (Fsp3) is 0.455. The lowest BCUT2D eigenvalue weighted by Gasteiger charge is -2.14. The van der Waals surface area contributed by atoms with Crippen LogP contribution in [0, 0.1) is 6.92 Å². The largest absolute Gasteiger partial charge is 0.495 e. The molecule has 0 bridgehead atoms. The fourth-order valence-corrected chi connectivity index (χ4v) is 2.65. The Morgan fingerprint density at radius 1 is 1.47 bits per heavy atom. The van der Waals surface area contributed by atoms with Gasteiger partial charge in [0.1, 0.15) is 10.6 Å². The number of benzene rings is 1. The zero-order valence-electron chi connectivity index (χ0n) is 10.8. The third-order valence-electron chi connectivity index (χ3n) is 2.56. The van der Waals surface area contributed by atoms with E-state index in [1.807, 2.05) is 0 Å². The molecule has 5 N–H and O–H groups in total. The van der Waals surface area contributed by atoms with Gasteiger partial charge in [0, 0.05) is 12.2 Å². The number of aliphatic hydroxyl groups excluding tert-OH is 2. The Morgan fingerprint density at radius 2 is 2.11 bits per heavy atom. The van der Waals surface area contributed by atoms with Gasteiger partial charge in [-0.05, 0) is 24.6 Å². The molecular formula is C11H18N2O5S. The lowest BCUT2D eigenvalue weighted by molar-refractivity contribution is 0.0988. The molecule has 8 heteroatoms. The van der Waals surface area contributed by atoms with Crippen LogP contribution >= 0.6 is 0 Å². The molecule has 7 nitrogen and oxygen atoms in total. The van der Waals surface area contributed by atoms with Gasteiger partial charge in [-0.2, -0.15) is 0 Å². The van der Waals surface area contributed by atoms with E-state index in [1.165, 1.54) is 19.2 Å². The lowest BCUT2D eigenvalue weighted by Crippen LogP contribution is -2.34. The van der Waals surface area contributed by atoms with E-state index >= 15 is 0 Å². The van der Waals surface area contributed by atoms with Gasteiger partial charge < -0.3 is 20.7 Å². The number of hydrogen-bond donors (Lipinski definition) is 4. The maximum atomic E-state index is 12.1. The molecule has 0 aliphatic heterocycles. The number of nitrogen functional groups attached to an aromatic ring is 1. The zero-order chi connectivity index (χ0) is 14.6. The van der Waals surface area contributed by atoms with Gasteiger partial charge in [0.25, 0.3) is 0 Å². The van der Waals surface area contributed by atoms with Crippen LogP contribution in [-0.2, 0) is 10.0 Å². The Morgan fingerprint density at radius 3 is 2.63 bits per heavy atom. The first-order chi connectivity index (χ1) is 8.81. The third-order valence-corrected chi connectivity index (χ3v) is 4.01. The molecular weight excluding hydrogens is 272 g/mol. The number of nitrogens with one attached hydrogen (secondary N) is 1.